The Morgan fingerprint density at radius 3 is 2.33 bits per heavy atom. The summed E-state index contributed by atoms with van der Waals surface area (Å²) in [6, 6.07) is 0. The van der Waals surface area contributed by atoms with Crippen molar-refractivity contribution in [2.45, 2.75) is 89.6 Å². The molecule has 2 rings (SSSR count). The molecule has 4 nitrogen and oxygen atoms in total. The van der Waals surface area contributed by atoms with Crippen molar-refractivity contribution in [2.75, 3.05) is 6.54 Å². The summed E-state index contributed by atoms with van der Waals surface area (Å²) in [5.74, 6) is 0.211. The molecule has 0 aromatic rings. The number of hydrogen-bond donors (Lipinski definition) is 1. The van der Waals surface area contributed by atoms with Gasteiger partial charge in [0.05, 0.1) is 0 Å². The van der Waals surface area contributed by atoms with Gasteiger partial charge in [0.15, 0.2) is 0 Å². The summed E-state index contributed by atoms with van der Waals surface area (Å²) in [5, 5.41) is 3.08. The molecule has 1 saturated carbocycles. The predicted octanol–water partition coefficient (Wildman–Crippen LogP) is 3.01. The van der Waals surface area contributed by atoms with Gasteiger partial charge < -0.3 is 10.2 Å². The molecule has 2 amide bonds. The van der Waals surface area contributed by atoms with Gasteiger partial charge in [0.1, 0.15) is 11.1 Å². The molecule has 1 N–H and O–H groups in total. The summed E-state index contributed by atoms with van der Waals surface area (Å²) in [6.45, 7) is 6.82. The third-order valence-electron chi connectivity index (χ3n) is 5.47. The van der Waals surface area contributed by atoms with Crippen LogP contribution < -0.4 is 5.32 Å². The van der Waals surface area contributed by atoms with Crippen molar-refractivity contribution in [3.8, 4) is 0 Å². The summed E-state index contributed by atoms with van der Waals surface area (Å²) in [5.41, 5.74) is -1.26. The molecule has 1 saturated heterocycles. The van der Waals surface area contributed by atoms with E-state index in [9.17, 15) is 9.59 Å². The van der Waals surface area contributed by atoms with Gasteiger partial charge in [-0.3, -0.25) is 9.59 Å². The van der Waals surface area contributed by atoms with Crippen LogP contribution in [-0.2, 0) is 9.59 Å². The van der Waals surface area contributed by atoms with Crippen molar-refractivity contribution in [1.29, 1.82) is 0 Å². The zero-order valence-electron chi connectivity index (χ0n) is 13.8. The minimum atomic E-state index is -0.670. The first kappa shape index (κ1) is 16.3. The quantitative estimate of drug-likeness (QED) is 0.766. The Bertz CT molecular complexity index is 402. The van der Waals surface area contributed by atoms with Crippen LogP contribution >= 0.6 is 0 Å². The van der Waals surface area contributed by atoms with E-state index in [-0.39, 0.29) is 11.8 Å². The molecule has 0 aromatic carbocycles. The Hall–Kier alpha value is -1.06. The Balaban J connectivity index is 2.17. The second kappa shape index (κ2) is 6.37. The second-order valence-corrected chi connectivity index (χ2v) is 6.89. The lowest BCUT2D eigenvalue weighted by atomic mass is 9.83. The number of nitrogens with zero attached hydrogens (tertiary/aromatic N) is 1. The largest absolute Gasteiger partial charge is 0.340 e. The molecule has 0 radical (unpaired) electrons. The fourth-order valence-corrected chi connectivity index (χ4v) is 3.72. The number of unbranched alkanes of at least 4 members (excludes halogenated alkanes) is 3. The van der Waals surface area contributed by atoms with E-state index in [1.165, 1.54) is 12.8 Å². The standard InChI is InChI=1S/C17H30N2O2/c1-4-6-7-10-13-19-15(21)17(11-8-9-12-17)18-14(20)16(19,3)5-2/h4-13H2,1-3H3,(H,18,20). The van der Waals surface area contributed by atoms with Crippen LogP contribution in [0.15, 0.2) is 0 Å². The fourth-order valence-electron chi connectivity index (χ4n) is 3.72. The first-order chi connectivity index (χ1) is 10.00. The molecule has 2 aliphatic rings. The molecule has 1 aliphatic carbocycles. The lowest BCUT2D eigenvalue weighted by molar-refractivity contribution is -0.162. The lowest BCUT2D eigenvalue weighted by Crippen LogP contribution is -2.74. The van der Waals surface area contributed by atoms with Crippen LogP contribution in [0, 0.1) is 0 Å². The van der Waals surface area contributed by atoms with Crippen LogP contribution in [0.4, 0.5) is 0 Å². The maximum Gasteiger partial charge on any atom is 0.249 e. The molecule has 0 bridgehead atoms. The third kappa shape index (κ3) is 2.82. The van der Waals surface area contributed by atoms with Gasteiger partial charge in [0.2, 0.25) is 11.8 Å². The van der Waals surface area contributed by atoms with Crippen LogP contribution in [-0.4, -0.2) is 34.3 Å². The van der Waals surface area contributed by atoms with E-state index in [1.54, 1.807) is 0 Å². The van der Waals surface area contributed by atoms with Crippen LogP contribution in [0.5, 0.6) is 0 Å². The van der Waals surface area contributed by atoms with Gasteiger partial charge in [0.25, 0.3) is 0 Å². The Labute approximate surface area is 128 Å². The zero-order valence-corrected chi connectivity index (χ0v) is 13.8. The average Bonchev–Trinajstić information content (AvgIpc) is 2.94. The highest BCUT2D eigenvalue weighted by Gasteiger charge is 2.56. The molecule has 1 atom stereocenters. The van der Waals surface area contributed by atoms with E-state index in [2.05, 4.69) is 12.2 Å². The number of carbonyl (C=O) groups excluding carboxylic acids is 2. The minimum Gasteiger partial charge on any atom is -0.340 e. The predicted molar refractivity (Wildman–Crippen MR) is 83.9 cm³/mol. The number of amides is 2. The highest BCUT2D eigenvalue weighted by Crippen LogP contribution is 2.38. The van der Waals surface area contributed by atoms with Crippen molar-refractivity contribution in [1.82, 2.24) is 10.2 Å². The highest BCUT2D eigenvalue weighted by molar-refractivity contribution is 6.02. The smallest absolute Gasteiger partial charge is 0.249 e. The van der Waals surface area contributed by atoms with Crippen LogP contribution in [0.1, 0.15) is 78.6 Å². The number of carbonyl (C=O) groups is 2. The monoisotopic (exact) mass is 294 g/mol. The van der Waals surface area contributed by atoms with Crippen molar-refractivity contribution in [2.24, 2.45) is 0 Å². The minimum absolute atomic E-state index is 0.0435. The van der Waals surface area contributed by atoms with E-state index >= 15 is 0 Å². The van der Waals surface area contributed by atoms with E-state index < -0.39 is 11.1 Å². The Morgan fingerprint density at radius 2 is 1.76 bits per heavy atom. The van der Waals surface area contributed by atoms with Gasteiger partial charge in [-0.15, -0.1) is 0 Å². The Kier molecular flexibility index (Phi) is 4.95. The van der Waals surface area contributed by atoms with Gasteiger partial charge in [-0.1, -0.05) is 46.0 Å². The molecule has 1 aliphatic heterocycles. The van der Waals surface area contributed by atoms with Crippen LogP contribution in [0.2, 0.25) is 0 Å². The molecule has 1 spiro atoms. The maximum absolute atomic E-state index is 13.0. The number of nitrogens with one attached hydrogen (secondary N) is 1. The molecule has 1 heterocycles. The van der Waals surface area contributed by atoms with Crippen molar-refractivity contribution in [3.63, 3.8) is 0 Å². The first-order valence-electron chi connectivity index (χ1n) is 8.65. The van der Waals surface area contributed by atoms with E-state index in [4.69, 9.17) is 0 Å². The SMILES string of the molecule is CCCCCCN1C(=O)C2(CCCC2)NC(=O)C1(C)CC. The molecule has 21 heavy (non-hydrogen) atoms. The van der Waals surface area contributed by atoms with Gasteiger partial charge in [0, 0.05) is 6.54 Å². The molecule has 2 fully saturated rings. The topological polar surface area (TPSA) is 49.4 Å². The summed E-state index contributed by atoms with van der Waals surface area (Å²) >= 11 is 0. The van der Waals surface area contributed by atoms with Gasteiger partial charge >= 0.3 is 0 Å². The Morgan fingerprint density at radius 1 is 1.10 bits per heavy atom. The number of hydrogen-bond acceptors (Lipinski definition) is 2. The molecule has 1 unspecified atom stereocenters. The van der Waals surface area contributed by atoms with Gasteiger partial charge in [-0.2, -0.15) is 0 Å². The second-order valence-electron chi connectivity index (χ2n) is 6.89. The van der Waals surface area contributed by atoms with E-state index in [1.807, 2.05) is 18.7 Å². The van der Waals surface area contributed by atoms with Crippen LogP contribution in [0.25, 0.3) is 0 Å². The van der Waals surface area contributed by atoms with Crippen molar-refractivity contribution in [3.05, 3.63) is 0 Å². The number of rotatable bonds is 6. The van der Waals surface area contributed by atoms with E-state index in [0.717, 1.165) is 45.1 Å². The zero-order chi connectivity index (χ0) is 15.5. The number of piperazine rings is 1. The van der Waals surface area contributed by atoms with Crippen molar-refractivity contribution >= 4 is 11.8 Å². The van der Waals surface area contributed by atoms with Gasteiger partial charge in [-0.25, -0.2) is 0 Å². The average molecular weight is 294 g/mol. The summed E-state index contributed by atoms with van der Waals surface area (Å²) in [6.07, 6.45) is 8.88. The molecule has 120 valence electrons. The molecule has 0 aromatic heterocycles. The summed E-state index contributed by atoms with van der Waals surface area (Å²) in [4.78, 5) is 27.6. The molecule has 4 heteroatoms. The van der Waals surface area contributed by atoms with Crippen molar-refractivity contribution < 1.29 is 9.59 Å². The summed E-state index contributed by atoms with van der Waals surface area (Å²) < 4.78 is 0. The molecular formula is C17H30N2O2. The normalized spacial score (nSPS) is 28.2. The summed E-state index contributed by atoms with van der Waals surface area (Å²) in [7, 11) is 0. The fraction of sp³-hybridized carbons (Fsp3) is 0.882. The molecular weight excluding hydrogens is 264 g/mol. The van der Waals surface area contributed by atoms with Crippen LogP contribution in [0.3, 0.4) is 0 Å². The third-order valence-corrected chi connectivity index (χ3v) is 5.47. The lowest BCUT2D eigenvalue weighted by Gasteiger charge is -2.50. The van der Waals surface area contributed by atoms with Gasteiger partial charge in [-0.05, 0) is 32.6 Å². The maximum atomic E-state index is 13.0. The highest BCUT2D eigenvalue weighted by atomic mass is 16.2. The van der Waals surface area contributed by atoms with E-state index in [0.29, 0.717) is 6.42 Å². The first-order valence-corrected chi connectivity index (χ1v) is 8.65.